The van der Waals surface area contributed by atoms with Gasteiger partial charge in [-0.15, -0.1) is 0 Å². The molecule has 0 fully saturated rings. The number of benzene rings is 1. The number of carbonyl (C=O) groups excluding carboxylic acids is 2. The topological polar surface area (TPSA) is 85.2 Å². The Morgan fingerprint density at radius 3 is 2.50 bits per heavy atom. The number of para-hydroxylation sites is 1. The van der Waals surface area contributed by atoms with Crippen molar-refractivity contribution in [3.05, 3.63) is 41.2 Å². The smallest absolute Gasteiger partial charge is 0.341 e. The van der Waals surface area contributed by atoms with E-state index in [0.29, 0.717) is 22.6 Å². The minimum absolute atomic E-state index is 0.383. The van der Waals surface area contributed by atoms with E-state index in [1.165, 1.54) is 6.92 Å². The normalized spacial score (nSPS) is 11.7. The molecule has 0 radical (unpaired) electrons. The molecule has 128 valence electrons. The number of aryl methyl sites for hydroxylation is 2. The first-order valence-corrected chi connectivity index (χ1v) is 7.64. The van der Waals surface area contributed by atoms with Gasteiger partial charge in [0.05, 0.1) is 22.6 Å². The third-order valence-electron chi connectivity index (χ3n) is 3.83. The van der Waals surface area contributed by atoms with Gasteiger partial charge in [-0.2, -0.15) is 5.10 Å². The predicted octanol–water partition coefficient (Wildman–Crippen LogP) is 2.26. The van der Waals surface area contributed by atoms with Gasteiger partial charge in [-0.1, -0.05) is 12.1 Å². The van der Waals surface area contributed by atoms with Crippen LogP contribution in [0.2, 0.25) is 0 Å². The molecule has 24 heavy (non-hydrogen) atoms. The maximum Gasteiger partial charge on any atom is 0.341 e. The lowest BCUT2D eigenvalue weighted by atomic mass is 10.2. The number of ether oxygens (including phenoxy) is 1. The molecule has 0 saturated heterocycles. The number of carbonyl (C=O) groups is 2. The van der Waals surface area contributed by atoms with Gasteiger partial charge in [0.15, 0.2) is 6.10 Å². The fourth-order valence-corrected chi connectivity index (χ4v) is 2.34. The summed E-state index contributed by atoms with van der Waals surface area (Å²) in [5.74, 6) is -0.952. The van der Waals surface area contributed by atoms with Crippen LogP contribution >= 0.6 is 0 Å². The summed E-state index contributed by atoms with van der Waals surface area (Å²) in [5.41, 5.74) is 3.21. The van der Waals surface area contributed by atoms with Crippen molar-refractivity contribution < 1.29 is 14.3 Å². The van der Waals surface area contributed by atoms with Crippen LogP contribution in [0.4, 0.5) is 11.4 Å². The SMILES string of the molecule is CNc1ccccc1C(=O)O[C@@H](C)C(=O)Nc1c(C)nn(C)c1C. The van der Waals surface area contributed by atoms with Crippen molar-refractivity contribution in [1.29, 1.82) is 0 Å². The molecule has 0 spiro atoms. The van der Waals surface area contributed by atoms with Gasteiger partial charge in [-0.25, -0.2) is 4.79 Å². The molecule has 0 aliphatic carbocycles. The van der Waals surface area contributed by atoms with Gasteiger partial charge in [0.2, 0.25) is 0 Å². The molecular formula is C17H22N4O3. The maximum absolute atomic E-state index is 12.3. The summed E-state index contributed by atoms with van der Waals surface area (Å²) in [4.78, 5) is 24.6. The fourth-order valence-electron chi connectivity index (χ4n) is 2.34. The van der Waals surface area contributed by atoms with Gasteiger partial charge < -0.3 is 15.4 Å². The van der Waals surface area contributed by atoms with Crippen molar-refractivity contribution >= 4 is 23.3 Å². The fraction of sp³-hybridized carbons (Fsp3) is 0.353. The van der Waals surface area contributed by atoms with Gasteiger partial charge in [0.1, 0.15) is 0 Å². The second-order valence-corrected chi connectivity index (χ2v) is 5.50. The Balaban J connectivity index is 2.07. The Bertz CT molecular complexity index is 767. The Hall–Kier alpha value is -2.83. The summed E-state index contributed by atoms with van der Waals surface area (Å²) >= 11 is 0. The number of aromatic nitrogens is 2. The first-order valence-electron chi connectivity index (χ1n) is 7.64. The van der Waals surface area contributed by atoms with Gasteiger partial charge in [-0.05, 0) is 32.9 Å². The van der Waals surface area contributed by atoms with Gasteiger partial charge >= 0.3 is 5.97 Å². The quantitative estimate of drug-likeness (QED) is 0.822. The lowest BCUT2D eigenvalue weighted by Gasteiger charge is -2.15. The van der Waals surface area contributed by atoms with Crippen LogP contribution in [0.1, 0.15) is 28.7 Å². The average molecular weight is 330 g/mol. The molecule has 0 aliphatic rings. The van der Waals surface area contributed by atoms with E-state index >= 15 is 0 Å². The molecule has 1 heterocycles. The highest BCUT2D eigenvalue weighted by Gasteiger charge is 2.22. The zero-order valence-corrected chi connectivity index (χ0v) is 14.5. The van der Waals surface area contributed by atoms with Crippen LogP contribution in [0.5, 0.6) is 0 Å². The molecule has 7 heteroatoms. The molecule has 1 aromatic heterocycles. The number of amides is 1. The largest absolute Gasteiger partial charge is 0.449 e. The van der Waals surface area contributed by atoms with Crippen molar-refractivity contribution in [3.8, 4) is 0 Å². The summed E-state index contributed by atoms with van der Waals surface area (Å²) in [6.45, 7) is 5.20. The summed E-state index contributed by atoms with van der Waals surface area (Å²) in [5, 5.41) is 9.93. The van der Waals surface area contributed by atoms with E-state index in [2.05, 4.69) is 15.7 Å². The van der Waals surface area contributed by atoms with Crippen LogP contribution < -0.4 is 10.6 Å². The van der Waals surface area contributed by atoms with Gasteiger partial charge in [0, 0.05) is 19.8 Å². The molecule has 0 saturated carbocycles. The molecule has 2 rings (SSSR count). The molecule has 2 N–H and O–H groups in total. The van der Waals surface area contributed by atoms with Crippen molar-refractivity contribution in [2.45, 2.75) is 26.9 Å². The zero-order valence-electron chi connectivity index (χ0n) is 14.5. The third kappa shape index (κ3) is 3.56. The van der Waals surface area contributed by atoms with E-state index < -0.39 is 18.0 Å². The second-order valence-electron chi connectivity index (χ2n) is 5.50. The number of hydrogen-bond acceptors (Lipinski definition) is 5. The number of rotatable bonds is 5. The summed E-state index contributed by atoms with van der Waals surface area (Å²) in [7, 11) is 3.52. The van der Waals surface area contributed by atoms with Crippen molar-refractivity contribution in [1.82, 2.24) is 9.78 Å². The van der Waals surface area contributed by atoms with Crippen molar-refractivity contribution in [2.75, 3.05) is 17.7 Å². The minimum atomic E-state index is -0.929. The Morgan fingerprint density at radius 2 is 1.92 bits per heavy atom. The van der Waals surface area contributed by atoms with Gasteiger partial charge in [0.25, 0.3) is 5.91 Å². The third-order valence-corrected chi connectivity index (χ3v) is 3.83. The van der Waals surface area contributed by atoms with E-state index in [1.54, 1.807) is 37.0 Å². The molecule has 0 aliphatic heterocycles. The highest BCUT2D eigenvalue weighted by molar-refractivity contribution is 6.00. The Kier molecular flexibility index (Phi) is 5.23. The molecule has 7 nitrogen and oxygen atoms in total. The molecule has 1 aromatic carbocycles. The number of esters is 1. The van der Waals surface area contributed by atoms with E-state index in [0.717, 1.165) is 5.69 Å². The average Bonchev–Trinajstić information content (AvgIpc) is 2.80. The van der Waals surface area contributed by atoms with Crippen LogP contribution in [0.15, 0.2) is 24.3 Å². The van der Waals surface area contributed by atoms with Crippen molar-refractivity contribution in [2.24, 2.45) is 7.05 Å². The van der Waals surface area contributed by atoms with Gasteiger partial charge in [-0.3, -0.25) is 9.48 Å². The van der Waals surface area contributed by atoms with E-state index in [4.69, 9.17) is 4.74 Å². The minimum Gasteiger partial charge on any atom is -0.449 e. The first-order chi connectivity index (χ1) is 11.3. The summed E-state index contributed by atoms with van der Waals surface area (Å²) < 4.78 is 6.97. The zero-order chi connectivity index (χ0) is 17.9. The lowest BCUT2D eigenvalue weighted by molar-refractivity contribution is -0.123. The van der Waals surface area contributed by atoms with Crippen LogP contribution in [0, 0.1) is 13.8 Å². The van der Waals surface area contributed by atoms with Crippen LogP contribution in [-0.4, -0.2) is 34.8 Å². The van der Waals surface area contributed by atoms with Crippen LogP contribution in [0.25, 0.3) is 0 Å². The molecule has 2 aromatic rings. The standard InChI is InChI=1S/C17H22N4O3/c1-10-15(11(2)21(5)20-10)19-16(22)12(3)24-17(23)13-8-6-7-9-14(13)18-4/h6-9,12,18H,1-5H3,(H,19,22)/t12-/m0/s1. The number of hydrogen-bond donors (Lipinski definition) is 2. The van der Waals surface area contributed by atoms with Crippen molar-refractivity contribution in [3.63, 3.8) is 0 Å². The lowest BCUT2D eigenvalue weighted by Crippen LogP contribution is -2.30. The van der Waals surface area contributed by atoms with Crippen LogP contribution in [-0.2, 0) is 16.6 Å². The molecule has 1 amide bonds. The predicted molar refractivity (Wildman–Crippen MR) is 92.2 cm³/mol. The van der Waals surface area contributed by atoms with Crippen LogP contribution in [0.3, 0.4) is 0 Å². The first kappa shape index (κ1) is 17.5. The second kappa shape index (κ2) is 7.16. The monoisotopic (exact) mass is 330 g/mol. The summed E-state index contributed by atoms with van der Waals surface area (Å²) in [6.07, 6.45) is -0.929. The number of nitrogens with one attached hydrogen (secondary N) is 2. The Morgan fingerprint density at radius 1 is 1.25 bits per heavy atom. The highest BCUT2D eigenvalue weighted by Crippen LogP contribution is 2.20. The summed E-state index contributed by atoms with van der Waals surface area (Å²) in [6, 6.07) is 6.97. The number of nitrogens with zero attached hydrogens (tertiary/aromatic N) is 2. The van der Waals surface area contributed by atoms with E-state index in [9.17, 15) is 9.59 Å². The maximum atomic E-state index is 12.3. The van der Waals surface area contributed by atoms with E-state index in [-0.39, 0.29) is 0 Å². The highest BCUT2D eigenvalue weighted by atomic mass is 16.5. The van der Waals surface area contributed by atoms with E-state index in [1.807, 2.05) is 19.9 Å². The molecule has 0 unspecified atom stereocenters. The number of anilines is 2. The molecule has 1 atom stereocenters. The molecule has 0 bridgehead atoms. The Labute approximate surface area is 141 Å². The molecular weight excluding hydrogens is 308 g/mol.